The summed E-state index contributed by atoms with van der Waals surface area (Å²) in [6.07, 6.45) is 5.04. The maximum atomic E-state index is 11.2. The van der Waals surface area contributed by atoms with Crippen molar-refractivity contribution in [1.29, 1.82) is 0 Å². The van der Waals surface area contributed by atoms with Gasteiger partial charge in [-0.25, -0.2) is 0 Å². The van der Waals surface area contributed by atoms with E-state index >= 15 is 0 Å². The molecule has 0 heterocycles. The lowest BCUT2D eigenvalue weighted by Crippen LogP contribution is -2.16. The SMILES string of the molecule is COC(=O)CCC(C)(C)CCSCCSCCC(C)(C)CCC(=O)OC. The van der Waals surface area contributed by atoms with Gasteiger partial charge in [0.25, 0.3) is 0 Å². The van der Waals surface area contributed by atoms with Gasteiger partial charge in [0.1, 0.15) is 0 Å². The quantitative estimate of drug-likeness (QED) is 0.275. The van der Waals surface area contributed by atoms with Gasteiger partial charge in [-0.3, -0.25) is 9.59 Å². The molecule has 0 aromatic carbocycles. The summed E-state index contributed by atoms with van der Waals surface area (Å²) in [5.41, 5.74) is 0.385. The predicted octanol–water partition coefficient (Wildman–Crippen LogP) is 5.19. The molecule has 154 valence electrons. The Morgan fingerprint density at radius 3 is 1.31 bits per heavy atom. The predicted molar refractivity (Wildman–Crippen MR) is 114 cm³/mol. The second-order valence-corrected chi connectivity index (χ2v) is 10.7. The molecule has 6 heteroatoms. The van der Waals surface area contributed by atoms with Crippen molar-refractivity contribution in [2.45, 2.75) is 66.2 Å². The van der Waals surface area contributed by atoms with Crippen molar-refractivity contribution < 1.29 is 19.1 Å². The second kappa shape index (κ2) is 13.8. The number of hydrogen-bond acceptors (Lipinski definition) is 6. The van der Waals surface area contributed by atoms with Crippen molar-refractivity contribution in [1.82, 2.24) is 0 Å². The van der Waals surface area contributed by atoms with Gasteiger partial charge in [-0.15, -0.1) is 0 Å². The summed E-state index contributed by atoms with van der Waals surface area (Å²) in [5, 5.41) is 0. The topological polar surface area (TPSA) is 52.6 Å². The van der Waals surface area contributed by atoms with Gasteiger partial charge >= 0.3 is 11.9 Å². The Bertz CT molecular complexity index is 371. The first-order chi connectivity index (χ1) is 12.1. The molecule has 0 aliphatic rings. The van der Waals surface area contributed by atoms with Gasteiger partial charge in [0, 0.05) is 24.3 Å². The lowest BCUT2D eigenvalue weighted by molar-refractivity contribution is -0.142. The van der Waals surface area contributed by atoms with Gasteiger partial charge in [0.2, 0.25) is 0 Å². The summed E-state index contributed by atoms with van der Waals surface area (Å²) >= 11 is 3.99. The van der Waals surface area contributed by atoms with Gasteiger partial charge < -0.3 is 9.47 Å². The molecule has 0 saturated heterocycles. The minimum absolute atomic E-state index is 0.114. The minimum atomic E-state index is -0.114. The Labute approximate surface area is 168 Å². The van der Waals surface area contributed by atoms with Crippen molar-refractivity contribution >= 4 is 35.5 Å². The summed E-state index contributed by atoms with van der Waals surface area (Å²) in [4.78, 5) is 22.5. The fourth-order valence-electron chi connectivity index (χ4n) is 2.35. The minimum Gasteiger partial charge on any atom is -0.469 e. The Morgan fingerprint density at radius 2 is 1.00 bits per heavy atom. The fraction of sp³-hybridized carbons (Fsp3) is 0.900. The van der Waals surface area contributed by atoms with E-state index in [0.29, 0.717) is 12.8 Å². The smallest absolute Gasteiger partial charge is 0.305 e. The van der Waals surface area contributed by atoms with Crippen molar-refractivity contribution in [3.8, 4) is 0 Å². The van der Waals surface area contributed by atoms with Crippen LogP contribution in [0.1, 0.15) is 66.2 Å². The largest absolute Gasteiger partial charge is 0.469 e. The molecule has 0 amide bonds. The molecule has 0 saturated carbocycles. The lowest BCUT2D eigenvalue weighted by Gasteiger charge is -2.24. The van der Waals surface area contributed by atoms with Crippen LogP contribution in [0.2, 0.25) is 0 Å². The molecule has 0 N–H and O–H groups in total. The molecule has 0 aromatic rings. The van der Waals surface area contributed by atoms with E-state index in [-0.39, 0.29) is 22.8 Å². The first kappa shape index (κ1) is 25.6. The zero-order valence-electron chi connectivity index (χ0n) is 17.5. The lowest BCUT2D eigenvalue weighted by atomic mass is 9.85. The van der Waals surface area contributed by atoms with E-state index in [9.17, 15) is 9.59 Å². The van der Waals surface area contributed by atoms with E-state index in [1.165, 1.54) is 25.7 Å². The summed E-state index contributed by atoms with van der Waals surface area (Å²) < 4.78 is 9.43. The molecule has 0 aliphatic carbocycles. The Balaban J connectivity index is 3.66. The number of carbonyl (C=O) groups is 2. The number of esters is 2. The number of ether oxygens (including phenoxy) is 2. The third-order valence-corrected chi connectivity index (χ3v) is 6.92. The molecule has 26 heavy (non-hydrogen) atoms. The summed E-state index contributed by atoms with van der Waals surface area (Å²) in [6, 6.07) is 0. The molecule has 0 fully saturated rings. The normalized spacial score (nSPS) is 12.1. The monoisotopic (exact) mass is 406 g/mol. The van der Waals surface area contributed by atoms with Crippen molar-refractivity contribution in [2.24, 2.45) is 10.8 Å². The van der Waals surface area contributed by atoms with E-state index in [2.05, 4.69) is 27.7 Å². The molecule has 0 bridgehead atoms. The molecule has 0 spiro atoms. The molecular formula is C20H38O4S2. The van der Waals surface area contributed by atoms with Crippen LogP contribution in [0.25, 0.3) is 0 Å². The second-order valence-electron chi connectivity index (χ2n) is 8.21. The Morgan fingerprint density at radius 1 is 0.654 bits per heavy atom. The molecular weight excluding hydrogens is 368 g/mol. The summed E-state index contributed by atoms with van der Waals surface area (Å²) in [7, 11) is 2.90. The highest BCUT2D eigenvalue weighted by Crippen LogP contribution is 2.30. The maximum Gasteiger partial charge on any atom is 0.305 e. The zero-order chi connectivity index (χ0) is 20.1. The highest BCUT2D eigenvalue weighted by Gasteiger charge is 2.20. The average Bonchev–Trinajstić information content (AvgIpc) is 2.59. The summed E-state index contributed by atoms with van der Waals surface area (Å²) in [6.45, 7) is 8.90. The first-order valence-corrected chi connectivity index (χ1v) is 11.7. The molecule has 0 aliphatic heterocycles. The van der Waals surface area contributed by atoms with Gasteiger partial charge in [-0.1, -0.05) is 27.7 Å². The van der Waals surface area contributed by atoms with E-state index in [1.807, 2.05) is 23.5 Å². The molecule has 0 radical (unpaired) electrons. The Hall–Kier alpha value is -0.360. The molecule has 0 atom stereocenters. The third-order valence-electron chi connectivity index (χ3n) is 4.69. The van der Waals surface area contributed by atoms with Crippen LogP contribution in [0.3, 0.4) is 0 Å². The van der Waals surface area contributed by atoms with E-state index in [4.69, 9.17) is 9.47 Å². The van der Waals surface area contributed by atoms with Gasteiger partial charge in [0.15, 0.2) is 0 Å². The third kappa shape index (κ3) is 14.8. The van der Waals surface area contributed by atoms with E-state index in [0.717, 1.165) is 37.2 Å². The number of rotatable bonds is 15. The average molecular weight is 407 g/mol. The number of thioether (sulfide) groups is 2. The molecule has 0 unspecified atom stereocenters. The van der Waals surface area contributed by atoms with Crippen LogP contribution in [-0.2, 0) is 19.1 Å². The van der Waals surface area contributed by atoms with Gasteiger partial charge in [0.05, 0.1) is 14.2 Å². The van der Waals surface area contributed by atoms with E-state index < -0.39 is 0 Å². The number of carbonyl (C=O) groups excluding carboxylic acids is 2. The van der Waals surface area contributed by atoms with E-state index in [1.54, 1.807) is 0 Å². The highest BCUT2D eigenvalue weighted by molar-refractivity contribution is 8.02. The first-order valence-electron chi connectivity index (χ1n) is 9.41. The Kier molecular flexibility index (Phi) is 13.6. The van der Waals surface area contributed by atoms with Gasteiger partial charge in [-0.2, -0.15) is 23.5 Å². The maximum absolute atomic E-state index is 11.2. The van der Waals surface area contributed by atoms with Crippen molar-refractivity contribution in [3.63, 3.8) is 0 Å². The fourth-order valence-corrected chi connectivity index (χ4v) is 5.10. The molecule has 0 rings (SSSR count). The number of hydrogen-bond donors (Lipinski definition) is 0. The summed E-state index contributed by atoms with van der Waals surface area (Å²) in [5.74, 6) is 4.38. The van der Waals surface area contributed by atoms with Crippen molar-refractivity contribution in [3.05, 3.63) is 0 Å². The van der Waals surface area contributed by atoms with Crippen LogP contribution in [0.5, 0.6) is 0 Å². The van der Waals surface area contributed by atoms with Crippen LogP contribution in [0.15, 0.2) is 0 Å². The van der Waals surface area contributed by atoms with Gasteiger partial charge in [-0.05, 0) is 48.0 Å². The standard InChI is InChI=1S/C20H38O4S2/c1-19(2,9-7-17(21)23-5)11-13-25-15-16-26-14-12-20(3,4)10-8-18(22)24-6/h7-16H2,1-6H3. The highest BCUT2D eigenvalue weighted by atomic mass is 32.2. The van der Waals surface area contributed by atoms with Crippen LogP contribution in [0.4, 0.5) is 0 Å². The number of methoxy groups -OCH3 is 2. The van der Waals surface area contributed by atoms with Crippen LogP contribution in [-0.4, -0.2) is 49.2 Å². The zero-order valence-corrected chi connectivity index (χ0v) is 19.2. The van der Waals surface area contributed by atoms with Crippen molar-refractivity contribution in [2.75, 3.05) is 37.2 Å². The van der Waals surface area contributed by atoms with Crippen LogP contribution < -0.4 is 0 Å². The molecule has 4 nitrogen and oxygen atoms in total. The molecule has 0 aromatic heterocycles. The van der Waals surface area contributed by atoms with Crippen LogP contribution >= 0.6 is 23.5 Å². The van der Waals surface area contributed by atoms with Crippen LogP contribution in [0, 0.1) is 10.8 Å².